The summed E-state index contributed by atoms with van der Waals surface area (Å²) in [5.74, 6) is 2.44. The number of amides is 1. The maximum absolute atomic E-state index is 12.1. The van der Waals surface area contributed by atoms with E-state index >= 15 is 0 Å². The predicted octanol–water partition coefficient (Wildman–Crippen LogP) is 1.78. The number of nitrogens with one attached hydrogen (secondary N) is 1. The lowest BCUT2D eigenvalue weighted by Crippen LogP contribution is -2.45. The number of ether oxygens (including phenoxy) is 2. The molecule has 25 heavy (non-hydrogen) atoms. The molecule has 1 amide bonds. The molecular weight excluding hydrogens is 352 g/mol. The van der Waals surface area contributed by atoms with Gasteiger partial charge < -0.3 is 19.6 Å². The van der Waals surface area contributed by atoms with Crippen molar-refractivity contribution in [2.75, 3.05) is 24.7 Å². The molecule has 0 aliphatic heterocycles. The van der Waals surface area contributed by atoms with Crippen LogP contribution in [-0.2, 0) is 19.1 Å². The molecule has 0 bridgehead atoms. The predicted molar refractivity (Wildman–Crippen MR) is 92.5 cm³/mol. The number of esters is 1. The van der Waals surface area contributed by atoms with Crippen LogP contribution in [-0.4, -0.2) is 53.5 Å². The van der Waals surface area contributed by atoms with Crippen LogP contribution in [0.5, 0.6) is 0 Å². The van der Waals surface area contributed by atoms with Gasteiger partial charge in [0.15, 0.2) is 0 Å². The average Bonchev–Trinajstić information content (AvgIpc) is 2.47. The van der Waals surface area contributed by atoms with E-state index in [1.54, 1.807) is 20.8 Å². The monoisotopic (exact) mass is 376 g/mol. The third-order valence-electron chi connectivity index (χ3n) is 2.43. The SMILES string of the molecule is C#CCSCC(NC(=O)OC(C)(C)C)C(=O)OCCCCO[N+](=O)[O-]. The summed E-state index contributed by atoms with van der Waals surface area (Å²) >= 11 is 1.30. The van der Waals surface area contributed by atoms with Crippen molar-refractivity contribution >= 4 is 23.8 Å². The van der Waals surface area contributed by atoms with Gasteiger partial charge in [-0.3, -0.25) is 0 Å². The molecule has 1 unspecified atom stereocenters. The normalized spacial score (nSPS) is 11.8. The molecule has 1 atom stereocenters. The molecule has 0 aliphatic carbocycles. The van der Waals surface area contributed by atoms with Crippen LogP contribution in [0.1, 0.15) is 33.6 Å². The van der Waals surface area contributed by atoms with Gasteiger partial charge in [0.1, 0.15) is 11.6 Å². The molecule has 0 saturated heterocycles. The highest BCUT2D eigenvalue weighted by molar-refractivity contribution is 7.99. The maximum Gasteiger partial charge on any atom is 0.408 e. The summed E-state index contributed by atoms with van der Waals surface area (Å²) in [7, 11) is 0. The van der Waals surface area contributed by atoms with E-state index in [-0.39, 0.29) is 19.0 Å². The molecule has 10 heteroatoms. The van der Waals surface area contributed by atoms with Gasteiger partial charge in [-0.1, -0.05) is 5.92 Å². The van der Waals surface area contributed by atoms with Crippen molar-refractivity contribution in [3.8, 4) is 12.3 Å². The second-order valence-electron chi connectivity index (χ2n) is 5.85. The van der Waals surface area contributed by atoms with Crippen LogP contribution in [0.15, 0.2) is 0 Å². The van der Waals surface area contributed by atoms with Gasteiger partial charge in [0.05, 0.1) is 19.0 Å². The summed E-state index contributed by atoms with van der Waals surface area (Å²) in [5, 5.41) is 11.6. The zero-order valence-electron chi connectivity index (χ0n) is 14.6. The first-order chi connectivity index (χ1) is 11.7. The molecule has 0 fully saturated rings. The van der Waals surface area contributed by atoms with Gasteiger partial charge in [0.25, 0.3) is 5.09 Å². The number of alkyl carbamates (subject to hydrolysis) is 1. The number of carbonyl (C=O) groups excluding carboxylic acids is 2. The molecule has 0 aromatic carbocycles. The van der Waals surface area contributed by atoms with Crippen molar-refractivity contribution in [2.24, 2.45) is 0 Å². The minimum absolute atomic E-state index is 0.0617. The van der Waals surface area contributed by atoms with Crippen LogP contribution in [0.4, 0.5) is 4.79 Å². The molecule has 1 N–H and O–H groups in total. The van der Waals surface area contributed by atoms with Gasteiger partial charge in [-0.15, -0.1) is 28.3 Å². The van der Waals surface area contributed by atoms with E-state index in [1.807, 2.05) is 0 Å². The lowest BCUT2D eigenvalue weighted by atomic mass is 10.2. The minimum atomic E-state index is -0.900. The van der Waals surface area contributed by atoms with Crippen LogP contribution >= 0.6 is 11.8 Å². The Hall–Kier alpha value is -2.15. The van der Waals surface area contributed by atoms with Crippen molar-refractivity contribution in [2.45, 2.75) is 45.3 Å². The largest absolute Gasteiger partial charge is 0.464 e. The van der Waals surface area contributed by atoms with Crippen LogP contribution in [0.25, 0.3) is 0 Å². The van der Waals surface area contributed by atoms with E-state index in [4.69, 9.17) is 15.9 Å². The zero-order valence-corrected chi connectivity index (χ0v) is 15.4. The fraction of sp³-hybridized carbons (Fsp3) is 0.733. The Balaban J connectivity index is 4.34. The third-order valence-corrected chi connectivity index (χ3v) is 3.36. The summed E-state index contributed by atoms with van der Waals surface area (Å²) < 4.78 is 10.2. The van der Waals surface area contributed by atoms with Crippen molar-refractivity contribution < 1.29 is 29.0 Å². The Morgan fingerprint density at radius 1 is 1.32 bits per heavy atom. The van der Waals surface area contributed by atoms with E-state index in [2.05, 4.69) is 16.1 Å². The maximum atomic E-state index is 12.1. The van der Waals surface area contributed by atoms with Crippen molar-refractivity contribution in [3.05, 3.63) is 10.1 Å². The molecule has 0 rings (SSSR count). The lowest BCUT2D eigenvalue weighted by Gasteiger charge is -2.22. The van der Waals surface area contributed by atoms with Crippen LogP contribution < -0.4 is 5.32 Å². The standard InChI is InChI=1S/C15H24N2O7S/c1-5-10-25-11-12(16-14(19)24-15(2,3)4)13(18)22-8-6-7-9-23-17(20)21/h1,12H,6-11H2,2-4H3,(H,16,19). The summed E-state index contributed by atoms with van der Waals surface area (Å²) in [4.78, 5) is 38.0. The minimum Gasteiger partial charge on any atom is -0.464 e. The first kappa shape index (κ1) is 22.9. The van der Waals surface area contributed by atoms with Gasteiger partial charge in [-0.05, 0) is 33.6 Å². The molecule has 0 saturated carbocycles. The molecule has 0 spiro atoms. The Labute approximate surface area is 151 Å². The summed E-state index contributed by atoms with van der Waals surface area (Å²) in [6.07, 6.45) is 5.20. The molecular formula is C15H24N2O7S. The number of hydrogen-bond acceptors (Lipinski definition) is 8. The molecule has 0 aliphatic rings. The second kappa shape index (κ2) is 12.2. The number of nitrogens with zero attached hydrogens (tertiary/aromatic N) is 1. The smallest absolute Gasteiger partial charge is 0.408 e. The summed E-state index contributed by atoms with van der Waals surface area (Å²) in [6, 6.07) is -0.900. The van der Waals surface area contributed by atoms with E-state index in [0.29, 0.717) is 18.6 Å². The van der Waals surface area contributed by atoms with Gasteiger partial charge in [-0.2, -0.15) is 0 Å². The summed E-state index contributed by atoms with van der Waals surface area (Å²) in [6.45, 7) is 5.12. The van der Waals surface area contributed by atoms with E-state index in [9.17, 15) is 19.7 Å². The second-order valence-corrected chi connectivity index (χ2v) is 6.88. The topological polar surface area (TPSA) is 117 Å². The van der Waals surface area contributed by atoms with Crippen LogP contribution in [0.2, 0.25) is 0 Å². The van der Waals surface area contributed by atoms with Gasteiger partial charge in [0, 0.05) is 5.75 Å². The Bertz CT molecular complexity index is 485. The highest BCUT2D eigenvalue weighted by Gasteiger charge is 2.25. The van der Waals surface area contributed by atoms with E-state index < -0.39 is 28.8 Å². The fourth-order valence-corrected chi connectivity index (χ4v) is 2.16. The number of hydrogen-bond donors (Lipinski definition) is 1. The Morgan fingerprint density at radius 2 is 1.96 bits per heavy atom. The number of terminal acetylenes is 1. The van der Waals surface area contributed by atoms with Crippen LogP contribution in [0, 0.1) is 22.5 Å². The fourth-order valence-electron chi connectivity index (χ4n) is 1.47. The number of carbonyl (C=O) groups is 2. The van der Waals surface area contributed by atoms with Crippen molar-refractivity contribution in [3.63, 3.8) is 0 Å². The number of rotatable bonds is 11. The number of unbranched alkanes of at least 4 members (excludes halogenated alkanes) is 1. The Morgan fingerprint density at radius 3 is 2.52 bits per heavy atom. The molecule has 0 radical (unpaired) electrons. The van der Waals surface area contributed by atoms with Crippen molar-refractivity contribution in [1.29, 1.82) is 0 Å². The molecule has 0 aromatic heterocycles. The molecule has 0 heterocycles. The third kappa shape index (κ3) is 13.9. The summed E-state index contributed by atoms with van der Waals surface area (Å²) in [5.41, 5.74) is -0.693. The van der Waals surface area contributed by atoms with Gasteiger partial charge in [0.2, 0.25) is 0 Å². The van der Waals surface area contributed by atoms with Gasteiger partial charge >= 0.3 is 12.1 Å². The quantitative estimate of drug-likeness (QED) is 0.191. The number of thioether (sulfide) groups is 1. The van der Waals surface area contributed by atoms with Gasteiger partial charge in [-0.25, -0.2) is 9.59 Å². The van der Waals surface area contributed by atoms with Crippen molar-refractivity contribution in [1.82, 2.24) is 5.32 Å². The molecule has 9 nitrogen and oxygen atoms in total. The molecule has 142 valence electrons. The Kier molecular flexibility index (Phi) is 11.2. The van der Waals surface area contributed by atoms with E-state index in [1.165, 1.54) is 11.8 Å². The van der Waals surface area contributed by atoms with E-state index in [0.717, 1.165) is 0 Å². The lowest BCUT2D eigenvalue weighted by molar-refractivity contribution is -0.757. The first-order valence-corrected chi connectivity index (χ1v) is 8.76. The highest BCUT2D eigenvalue weighted by atomic mass is 32.2. The molecule has 0 aromatic rings. The van der Waals surface area contributed by atoms with Crippen LogP contribution in [0.3, 0.4) is 0 Å². The average molecular weight is 376 g/mol. The first-order valence-electron chi connectivity index (χ1n) is 7.60. The highest BCUT2D eigenvalue weighted by Crippen LogP contribution is 2.09. The zero-order chi connectivity index (χ0) is 19.3.